The van der Waals surface area contributed by atoms with Crippen molar-refractivity contribution in [1.29, 1.82) is 0 Å². The van der Waals surface area contributed by atoms with Crippen LogP contribution in [0, 0.1) is 0 Å². The van der Waals surface area contributed by atoms with Gasteiger partial charge in [0, 0.05) is 43.5 Å². The number of hydrogen-bond acceptors (Lipinski definition) is 6. The molecule has 3 aliphatic rings. The van der Waals surface area contributed by atoms with Crippen LogP contribution in [0.2, 0.25) is 0 Å². The van der Waals surface area contributed by atoms with Crippen molar-refractivity contribution in [2.24, 2.45) is 0 Å². The van der Waals surface area contributed by atoms with Crippen LogP contribution in [-0.4, -0.2) is 45.8 Å². The molecule has 1 aromatic carbocycles. The van der Waals surface area contributed by atoms with E-state index in [-0.39, 0.29) is 30.4 Å². The number of ether oxygens (including phenoxy) is 1. The van der Waals surface area contributed by atoms with Gasteiger partial charge >= 0.3 is 0 Å². The van der Waals surface area contributed by atoms with Gasteiger partial charge in [0.05, 0.1) is 0 Å². The van der Waals surface area contributed by atoms with Crippen LogP contribution in [0.4, 0.5) is 0 Å². The zero-order valence-corrected chi connectivity index (χ0v) is 18.5. The highest BCUT2D eigenvalue weighted by Crippen LogP contribution is 2.32. The molecule has 2 fully saturated rings. The first-order valence-corrected chi connectivity index (χ1v) is 11.6. The van der Waals surface area contributed by atoms with E-state index in [2.05, 4.69) is 15.6 Å². The van der Waals surface area contributed by atoms with E-state index in [0.717, 1.165) is 37.1 Å². The summed E-state index contributed by atoms with van der Waals surface area (Å²) in [5, 5.41) is 5.98. The Labute approximate surface area is 192 Å². The molecule has 0 radical (unpaired) electrons. The van der Waals surface area contributed by atoms with Gasteiger partial charge < -0.3 is 15.0 Å². The quantitative estimate of drug-likeness (QED) is 0.658. The van der Waals surface area contributed by atoms with E-state index in [1.807, 2.05) is 24.3 Å². The Balaban J connectivity index is 1.25. The number of pyridine rings is 1. The van der Waals surface area contributed by atoms with Gasteiger partial charge in [-0.3, -0.25) is 24.7 Å². The number of piperidine rings is 1. The number of carbonyl (C=O) groups is 3. The summed E-state index contributed by atoms with van der Waals surface area (Å²) in [6.45, 7) is 1.12. The molecule has 8 nitrogen and oxygen atoms in total. The SMILES string of the molecule is O=C1CCC(N2Cc3cc(O[C@H]4CCCC[C@@H]4NCc4ccncc4)ccc3C2=O)C(=O)N1. The van der Waals surface area contributed by atoms with Crippen molar-refractivity contribution in [2.75, 3.05) is 0 Å². The number of fused-ring (bicyclic) bond motifs is 1. The molecule has 1 aliphatic carbocycles. The molecule has 3 atom stereocenters. The zero-order valence-electron chi connectivity index (χ0n) is 18.5. The van der Waals surface area contributed by atoms with Gasteiger partial charge in [0.15, 0.2) is 0 Å². The van der Waals surface area contributed by atoms with Crippen molar-refractivity contribution in [2.45, 2.75) is 69.8 Å². The molecule has 1 aromatic heterocycles. The largest absolute Gasteiger partial charge is 0.489 e. The minimum absolute atomic E-state index is 0.0574. The second-order valence-corrected chi connectivity index (χ2v) is 9.00. The van der Waals surface area contributed by atoms with Crippen molar-refractivity contribution in [3.63, 3.8) is 0 Å². The molecule has 8 heteroatoms. The summed E-state index contributed by atoms with van der Waals surface area (Å²) in [6, 6.07) is 9.23. The van der Waals surface area contributed by atoms with Crippen molar-refractivity contribution in [1.82, 2.24) is 20.5 Å². The van der Waals surface area contributed by atoms with E-state index >= 15 is 0 Å². The van der Waals surface area contributed by atoms with Gasteiger partial charge in [0.2, 0.25) is 11.8 Å². The average Bonchev–Trinajstić information content (AvgIpc) is 3.14. The number of carbonyl (C=O) groups excluding carboxylic acids is 3. The fourth-order valence-electron chi connectivity index (χ4n) is 5.02. The third-order valence-corrected chi connectivity index (χ3v) is 6.80. The first kappa shape index (κ1) is 21.6. The first-order chi connectivity index (χ1) is 16.1. The van der Waals surface area contributed by atoms with E-state index in [9.17, 15) is 14.4 Å². The van der Waals surface area contributed by atoms with Crippen molar-refractivity contribution >= 4 is 17.7 Å². The normalized spacial score (nSPS) is 25.0. The second-order valence-electron chi connectivity index (χ2n) is 9.00. The summed E-state index contributed by atoms with van der Waals surface area (Å²) >= 11 is 0. The zero-order chi connectivity index (χ0) is 22.8. The van der Waals surface area contributed by atoms with Crippen LogP contribution in [0.1, 0.15) is 60.0 Å². The molecule has 33 heavy (non-hydrogen) atoms. The maximum absolute atomic E-state index is 12.9. The van der Waals surface area contributed by atoms with Crippen molar-refractivity contribution < 1.29 is 19.1 Å². The van der Waals surface area contributed by atoms with Crippen LogP contribution in [0.15, 0.2) is 42.7 Å². The minimum atomic E-state index is -0.605. The summed E-state index contributed by atoms with van der Waals surface area (Å²) in [5.41, 5.74) is 2.65. The van der Waals surface area contributed by atoms with Crippen LogP contribution in [-0.2, 0) is 22.7 Å². The minimum Gasteiger partial charge on any atom is -0.489 e. The van der Waals surface area contributed by atoms with Gasteiger partial charge in [0.1, 0.15) is 17.9 Å². The lowest BCUT2D eigenvalue weighted by Crippen LogP contribution is -2.52. The molecular weight excluding hydrogens is 420 g/mol. The summed E-state index contributed by atoms with van der Waals surface area (Å²) in [6.07, 6.45) is 8.61. The van der Waals surface area contributed by atoms with E-state index in [4.69, 9.17) is 4.74 Å². The molecule has 3 amide bonds. The Bertz CT molecular complexity index is 1060. The summed E-state index contributed by atoms with van der Waals surface area (Å²) in [5.74, 6) is -0.0974. The standard InChI is InChI=1S/C25H28N4O4/c30-23-8-7-21(24(31)28-23)29-15-17-13-18(5-6-19(17)25(29)32)33-22-4-2-1-3-20(22)27-14-16-9-11-26-12-10-16/h5-6,9-13,20-22,27H,1-4,7-8,14-15H2,(H,28,30,31)/t20-,21?,22-/m0/s1. The number of hydrogen-bond donors (Lipinski definition) is 2. The molecular formula is C25H28N4O4. The Morgan fingerprint density at radius 1 is 1.06 bits per heavy atom. The highest BCUT2D eigenvalue weighted by Gasteiger charge is 2.39. The smallest absolute Gasteiger partial charge is 0.255 e. The maximum atomic E-state index is 12.9. The van der Waals surface area contributed by atoms with E-state index in [1.54, 1.807) is 23.4 Å². The van der Waals surface area contributed by atoms with Gasteiger partial charge in [-0.2, -0.15) is 0 Å². The molecule has 2 N–H and O–H groups in total. The number of rotatable bonds is 6. The number of amides is 3. The second kappa shape index (κ2) is 9.31. The number of benzene rings is 1. The Kier molecular flexibility index (Phi) is 6.09. The Morgan fingerprint density at radius 2 is 1.88 bits per heavy atom. The van der Waals surface area contributed by atoms with Crippen molar-refractivity contribution in [3.8, 4) is 5.75 Å². The highest BCUT2D eigenvalue weighted by molar-refractivity contribution is 6.05. The fraction of sp³-hybridized carbons (Fsp3) is 0.440. The average molecular weight is 449 g/mol. The van der Waals surface area contributed by atoms with Crippen molar-refractivity contribution in [3.05, 3.63) is 59.4 Å². The Morgan fingerprint density at radius 3 is 2.70 bits per heavy atom. The predicted octanol–water partition coefficient (Wildman–Crippen LogP) is 2.32. The van der Waals surface area contributed by atoms with Crippen LogP contribution < -0.4 is 15.4 Å². The molecule has 2 aliphatic heterocycles. The maximum Gasteiger partial charge on any atom is 0.255 e. The lowest BCUT2D eigenvalue weighted by atomic mass is 9.92. The van der Waals surface area contributed by atoms with Gasteiger partial charge in [-0.25, -0.2) is 0 Å². The lowest BCUT2D eigenvalue weighted by Gasteiger charge is -2.33. The molecule has 172 valence electrons. The summed E-state index contributed by atoms with van der Waals surface area (Å²) in [7, 11) is 0. The third-order valence-electron chi connectivity index (χ3n) is 6.80. The molecule has 1 unspecified atom stereocenters. The molecule has 1 saturated heterocycles. The molecule has 0 spiro atoms. The van der Waals surface area contributed by atoms with E-state index in [0.29, 0.717) is 18.5 Å². The highest BCUT2D eigenvalue weighted by atomic mass is 16.5. The van der Waals surface area contributed by atoms with Crippen LogP contribution in [0.5, 0.6) is 5.75 Å². The topological polar surface area (TPSA) is 101 Å². The van der Waals surface area contributed by atoms with Gasteiger partial charge in [-0.05, 0) is 67.1 Å². The number of nitrogens with zero attached hydrogens (tertiary/aromatic N) is 2. The molecule has 0 bridgehead atoms. The fourth-order valence-corrected chi connectivity index (χ4v) is 5.02. The van der Waals surface area contributed by atoms with E-state index < -0.39 is 11.9 Å². The monoisotopic (exact) mass is 448 g/mol. The lowest BCUT2D eigenvalue weighted by molar-refractivity contribution is -0.136. The summed E-state index contributed by atoms with van der Waals surface area (Å²) in [4.78, 5) is 42.3. The number of nitrogens with one attached hydrogen (secondary N) is 2. The summed E-state index contributed by atoms with van der Waals surface area (Å²) < 4.78 is 6.40. The molecule has 5 rings (SSSR count). The molecule has 3 heterocycles. The number of aromatic nitrogens is 1. The molecule has 2 aromatic rings. The molecule has 1 saturated carbocycles. The van der Waals surface area contributed by atoms with Gasteiger partial charge in [-0.1, -0.05) is 6.42 Å². The van der Waals surface area contributed by atoms with Crippen LogP contribution in [0.25, 0.3) is 0 Å². The predicted molar refractivity (Wildman–Crippen MR) is 120 cm³/mol. The van der Waals surface area contributed by atoms with Crippen LogP contribution in [0.3, 0.4) is 0 Å². The third kappa shape index (κ3) is 4.61. The van der Waals surface area contributed by atoms with Gasteiger partial charge in [-0.15, -0.1) is 0 Å². The first-order valence-electron chi connectivity index (χ1n) is 11.6. The van der Waals surface area contributed by atoms with Crippen LogP contribution >= 0.6 is 0 Å². The van der Waals surface area contributed by atoms with E-state index in [1.165, 1.54) is 12.0 Å². The number of imide groups is 1. The Hall–Kier alpha value is -3.26. The van der Waals surface area contributed by atoms with Gasteiger partial charge in [0.25, 0.3) is 5.91 Å².